The molecule has 1 aliphatic rings. The second kappa shape index (κ2) is 5.81. The molecule has 0 saturated carbocycles. The van der Waals surface area contributed by atoms with Crippen molar-refractivity contribution in [2.75, 3.05) is 20.2 Å². The van der Waals surface area contributed by atoms with Crippen molar-refractivity contribution in [3.05, 3.63) is 16.1 Å². The summed E-state index contributed by atoms with van der Waals surface area (Å²) in [5.41, 5.74) is 1.03. The van der Waals surface area contributed by atoms with Crippen molar-refractivity contribution in [1.82, 2.24) is 15.6 Å². The molecule has 0 unspecified atom stereocenters. The smallest absolute Gasteiger partial charge is 0.191 e. The highest BCUT2D eigenvalue weighted by molar-refractivity contribution is 7.09. The van der Waals surface area contributed by atoms with Crippen LogP contribution in [0.3, 0.4) is 0 Å². The lowest BCUT2D eigenvalue weighted by Gasteiger charge is -2.15. The van der Waals surface area contributed by atoms with Gasteiger partial charge in [-0.25, -0.2) is 4.98 Å². The van der Waals surface area contributed by atoms with Crippen LogP contribution in [-0.2, 0) is 17.9 Å². The van der Waals surface area contributed by atoms with Crippen LogP contribution in [0.2, 0.25) is 0 Å². The zero-order valence-electron chi connectivity index (χ0n) is 9.32. The predicted molar refractivity (Wildman–Crippen MR) is 64.6 cm³/mol. The van der Waals surface area contributed by atoms with Gasteiger partial charge in [0.15, 0.2) is 5.96 Å². The zero-order chi connectivity index (χ0) is 11.2. The van der Waals surface area contributed by atoms with E-state index in [-0.39, 0.29) is 0 Å². The van der Waals surface area contributed by atoms with E-state index in [0.29, 0.717) is 13.2 Å². The third kappa shape index (κ3) is 3.18. The van der Waals surface area contributed by atoms with Crippen LogP contribution in [0, 0.1) is 0 Å². The fourth-order valence-electron chi connectivity index (χ4n) is 1.45. The lowest BCUT2D eigenvalue weighted by molar-refractivity contribution is 0.184. The summed E-state index contributed by atoms with van der Waals surface area (Å²) in [5, 5.41) is 9.50. The molecule has 0 atom stereocenters. The number of hydrogen-bond acceptors (Lipinski definition) is 6. The molecule has 0 aromatic carbocycles. The number of aliphatic imine (C=N–C) groups is 1. The number of nitrogens with zero attached hydrogens (tertiary/aromatic N) is 2. The summed E-state index contributed by atoms with van der Waals surface area (Å²) in [7, 11) is 1.68. The fourth-order valence-corrected chi connectivity index (χ4v) is 2.21. The Hall–Kier alpha value is -1.14. The summed E-state index contributed by atoms with van der Waals surface area (Å²) in [6.07, 6.45) is 1.11. The Kier molecular flexibility index (Phi) is 4.12. The first-order chi connectivity index (χ1) is 7.88. The molecule has 0 aliphatic carbocycles. The normalized spacial score (nSPS) is 15.4. The van der Waals surface area contributed by atoms with Crippen molar-refractivity contribution in [2.24, 2.45) is 4.99 Å². The molecule has 6 heteroatoms. The summed E-state index contributed by atoms with van der Waals surface area (Å²) < 4.78 is 5.03. The van der Waals surface area contributed by atoms with Gasteiger partial charge in [0.05, 0.1) is 18.8 Å². The monoisotopic (exact) mass is 240 g/mol. The lowest BCUT2D eigenvalue weighted by Crippen LogP contribution is -2.40. The maximum absolute atomic E-state index is 5.03. The van der Waals surface area contributed by atoms with Crippen molar-refractivity contribution in [2.45, 2.75) is 19.6 Å². The Morgan fingerprint density at radius 1 is 1.62 bits per heavy atom. The topological polar surface area (TPSA) is 58.5 Å². The molecule has 88 valence electrons. The number of aromatic nitrogens is 1. The van der Waals surface area contributed by atoms with Crippen molar-refractivity contribution < 1.29 is 4.74 Å². The van der Waals surface area contributed by atoms with Gasteiger partial charge in [-0.2, -0.15) is 0 Å². The minimum Gasteiger partial charge on any atom is -0.378 e. The third-order valence-electron chi connectivity index (χ3n) is 2.20. The second-order valence-electron chi connectivity index (χ2n) is 3.53. The first-order valence-corrected chi connectivity index (χ1v) is 6.21. The molecule has 1 aliphatic heterocycles. The van der Waals surface area contributed by atoms with Crippen molar-refractivity contribution in [1.29, 1.82) is 0 Å². The summed E-state index contributed by atoms with van der Waals surface area (Å²) >= 11 is 1.62. The van der Waals surface area contributed by atoms with E-state index in [1.165, 1.54) is 0 Å². The summed E-state index contributed by atoms with van der Waals surface area (Å²) in [6.45, 7) is 3.20. The van der Waals surface area contributed by atoms with Crippen molar-refractivity contribution >= 4 is 17.3 Å². The highest BCUT2D eigenvalue weighted by Crippen LogP contribution is 2.10. The third-order valence-corrected chi connectivity index (χ3v) is 3.07. The second-order valence-corrected chi connectivity index (χ2v) is 4.47. The molecule has 1 aromatic rings. The first-order valence-electron chi connectivity index (χ1n) is 5.33. The van der Waals surface area contributed by atoms with Crippen LogP contribution in [0.15, 0.2) is 10.4 Å². The van der Waals surface area contributed by atoms with Gasteiger partial charge >= 0.3 is 0 Å². The van der Waals surface area contributed by atoms with Gasteiger partial charge < -0.3 is 15.4 Å². The van der Waals surface area contributed by atoms with E-state index in [4.69, 9.17) is 4.74 Å². The molecular formula is C10H16N4OS. The van der Waals surface area contributed by atoms with Crippen LogP contribution in [0.1, 0.15) is 17.1 Å². The molecule has 2 heterocycles. The van der Waals surface area contributed by atoms with Gasteiger partial charge in [0.25, 0.3) is 0 Å². The Balaban J connectivity index is 1.82. The number of methoxy groups -OCH3 is 1. The molecule has 2 rings (SSSR count). The first kappa shape index (κ1) is 11.3. The van der Waals surface area contributed by atoms with E-state index in [1.807, 2.05) is 5.38 Å². The molecule has 0 amide bonds. The number of nitrogens with one attached hydrogen (secondary N) is 2. The molecule has 0 fully saturated rings. The predicted octanol–water partition coefficient (Wildman–Crippen LogP) is 0.728. The van der Waals surface area contributed by atoms with Gasteiger partial charge in [0.1, 0.15) is 5.01 Å². The molecule has 0 spiro atoms. The number of ether oxygens (including phenoxy) is 1. The van der Waals surface area contributed by atoms with Crippen LogP contribution in [0.25, 0.3) is 0 Å². The van der Waals surface area contributed by atoms with E-state index >= 15 is 0 Å². The van der Waals surface area contributed by atoms with E-state index in [9.17, 15) is 0 Å². The van der Waals surface area contributed by atoms with Gasteiger partial charge in [0.2, 0.25) is 0 Å². The molecule has 1 aromatic heterocycles. The molecule has 16 heavy (non-hydrogen) atoms. The number of guanidine groups is 1. The van der Waals surface area contributed by atoms with Crippen molar-refractivity contribution in [3.63, 3.8) is 0 Å². The quantitative estimate of drug-likeness (QED) is 0.814. The average Bonchev–Trinajstić information content (AvgIpc) is 2.76. The van der Waals surface area contributed by atoms with E-state index in [1.54, 1.807) is 18.4 Å². The average molecular weight is 240 g/mol. The summed E-state index contributed by atoms with van der Waals surface area (Å²) in [5.74, 6) is 0.882. The highest BCUT2D eigenvalue weighted by Gasteiger charge is 2.05. The van der Waals surface area contributed by atoms with Crippen LogP contribution in [0.5, 0.6) is 0 Å². The minimum atomic E-state index is 0.587. The van der Waals surface area contributed by atoms with Crippen molar-refractivity contribution in [3.8, 4) is 0 Å². The molecule has 0 bridgehead atoms. The van der Waals surface area contributed by atoms with Gasteiger partial charge in [0, 0.05) is 25.6 Å². The SMILES string of the molecule is COCc1nc(CNC2=NCCCN2)cs1. The van der Waals surface area contributed by atoms with Crippen LogP contribution >= 0.6 is 11.3 Å². The van der Waals surface area contributed by atoms with Gasteiger partial charge in [-0.3, -0.25) is 4.99 Å². The Morgan fingerprint density at radius 3 is 3.31 bits per heavy atom. The van der Waals surface area contributed by atoms with Gasteiger partial charge in [-0.1, -0.05) is 0 Å². The van der Waals surface area contributed by atoms with Crippen LogP contribution < -0.4 is 10.6 Å². The Morgan fingerprint density at radius 2 is 2.56 bits per heavy atom. The zero-order valence-corrected chi connectivity index (χ0v) is 10.1. The fraction of sp³-hybridized carbons (Fsp3) is 0.600. The standard InChI is InChI=1S/C10H16N4OS/c1-15-6-9-14-8(7-16-9)5-13-10-11-3-2-4-12-10/h7H,2-6H2,1H3,(H2,11,12,13). The highest BCUT2D eigenvalue weighted by atomic mass is 32.1. The summed E-state index contributed by atoms with van der Waals surface area (Å²) in [4.78, 5) is 8.77. The minimum absolute atomic E-state index is 0.587. The Labute approximate surface area is 98.9 Å². The number of hydrogen-bond donors (Lipinski definition) is 2. The van der Waals surface area contributed by atoms with E-state index in [2.05, 4.69) is 20.6 Å². The molecular weight excluding hydrogens is 224 g/mol. The van der Waals surface area contributed by atoms with Crippen LogP contribution in [0.4, 0.5) is 0 Å². The number of thiazole rings is 1. The molecule has 5 nitrogen and oxygen atoms in total. The lowest BCUT2D eigenvalue weighted by atomic mass is 10.4. The Bertz CT molecular complexity index is 363. The maximum Gasteiger partial charge on any atom is 0.191 e. The van der Waals surface area contributed by atoms with Gasteiger partial charge in [-0.15, -0.1) is 11.3 Å². The molecule has 0 radical (unpaired) electrons. The molecule has 0 saturated heterocycles. The largest absolute Gasteiger partial charge is 0.378 e. The maximum atomic E-state index is 5.03. The van der Waals surface area contributed by atoms with E-state index in [0.717, 1.165) is 36.2 Å². The van der Waals surface area contributed by atoms with Crippen LogP contribution in [-0.4, -0.2) is 31.1 Å². The summed E-state index contributed by atoms with van der Waals surface area (Å²) in [6, 6.07) is 0. The van der Waals surface area contributed by atoms with Gasteiger partial charge in [-0.05, 0) is 6.42 Å². The number of rotatable bonds is 4. The van der Waals surface area contributed by atoms with E-state index < -0.39 is 0 Å². The molecule has 2 N–H and O–H groups in total.